The second-order valence-corrected chi connectivity index (χ2v) is 12.8. The first-order valence-corrected chi connectivity index (χ1v) is 12.9. The van der Waals surface area contributed by atoms with Crippen LogP contribution in [0.2, 0.25) is 0 Å². The number of hydrogen-bond acceptors (Lipinski definition) is 8. The lowest BCUT2D eigenvalue weighted by Gasteiger charge is -2.41. The van der Waals surface area contributed by atoms with Crippen molar-refractivity contribution in [3.63, 3.8) is 0 Å². The summed E-state index contributed by atoms with van der Waals surface area (Å²) in [6.07, 6.45) is -1.89. The van der Waals surface area contributed by atoms with Crippen LogP contribution in [0.1, 0.15) is 37.0 Å². The molecule has 0 unspecified atom stereocenters. The van der Waals surface area contributed by atoms with Crippen LogP contribution in [0.4, 0.5) is 24.8 Å². The van der Waals surface area contributed by atoms with E-state index >= 15 is 0 Å². The van der Waals surface area contributed by atoms with Gasteiger partial charge in [-0.3, -0.25) is 0 Å². The molecule has 4 rings (SSSR count). The standard InChI is InChI=1S/C22H24F3N5O3S2/c1-13-7-14(9-15(8-13)28-19-26-6-5-17(29-19)22(23,24)25)16-10-27-18(34-16)21(11-33-12-21)30-35(31,32)20(2,3)4/h5-10,30H,11-12H2,1-4H3,(H,26,28,29). The summed E-state index contributed by atoms with van der Waals surface area (Å²) >= 11 is 1.32. The van der Waals surface area contributed by atoms with Gasteiger partial charge in [-0.15, -0.1) is 11.3 Å². The van der Waals surface area contributed by atoms with Crippen LogP contribution in [-0.2, 0) is 26.5 Å². The minimum absolute atomic E-state index is 0.169. The van der Waals surface area contributed by atoms with Crippen molar-refractivity contribution in [2.75, 3.05) is 18.5 Å². The number of halogens is 3. The van der Waals surface area contributed by atoms with E-state index in [0.717, 1.165) is 28.3 Å². The Morgan fingerprint density at radius 3 is 2.43 bits per heavy atom. The van der Waals surface area contributed by atoms with E-state index in [4.69, 9.17) is 4.74 Å². The summed E-state index contributed by atoms with van der Waals surface area (Å²) in [4.78, 5) is 12.7. The number of benzene rings is 1. The number of rotatable bonds is 6. The zero-order valence-electron chi connectivity index (χ0n) is 19.4. The van der Waals surface area contributed by atoms with E-state index in [-0.39, 0.29) is 19.2 Å². The van der Waals surface area contributed by atoms with Crippen LogP contribution >= 0.6 is 11.3 Å². The second kappa shape index (κ2) is 8.80. The molecule has 2 aromatic heterocycles. The molecule has 13 heteroatoms. The fourth-order valence-corrected chi connectivity index (χ4v) is 5.39. The summed E-state index contributed by atoms with van der Waals surface area (Å²) < 4.78 is 71.6. The molecule has 35 heavy (non-hydrogen) atoms. The quantitative estimate of drug-likeness (QED) is 0.482. The largest absolute Gasteiger partial charge is 0.433 e. The van der Waals surface area contributed by atoms with Crippen molar-refractivity contribution >= 4 is 33.0 Å². The van der Waals surface area contributed by atoms with Gasteiger partial charge >= 0.3 is 6.18 Å². The van der Waals surface area contributed by atoms with E-state index in [1.807, 2.05) is 13.0 Å². The van der Waals surface area contributed by atoms with Gasteiger partial charge in [0.1, 0.15) is 16.2 Å². The zero-order valence-corrected chi connectivity index (χ0v) is 21.0. The van der Waals surface area contributed by atoms with Crippen LogP contribution in [0.15, 0.2) is 36.7 Å². The first-order valence-electron chi connectivity index (χ1n) is 10.6. The Hall–Kier alpha value is -2.61. The molecule has 3 heterocycles. The van der Waals surface area contributed by atoms with Crippen LogP contribution in [0.25, 0.3) is 10.4 Å². The van der Waals surface area contributed by atoms with Gasteiger partial charge in [0.15, 0.2) is 0 Å². The molecule has 1 aliphatic heterocycles. The molecular formula is C22H24F3N5O3S2. The molecule has 0 atom stereocenters. The first-order chi connectivity index (χ1) is 16.2. The minimum atomic E-state index is -4.58. The number of anilines is 2. The number of aromatic nitrogens is 3. The molecule has 0 amide bonds. The molecule has 0 bridgehead atoms. The monoisotopic (exact) mass is 527 g/mol. The van der Waals surface area contributed by atoms with E-state index in [0.29, 0.717) is 10.7 Å². The van der Waals surface area contributed by atoms with E-state index < -0.39 is 32.2 Å². The number of alkyl halides is 3. The third-order valence-electron chi connectivity index (χ3n) is 5.31. The summed E-state index contributed by atoms with van der Waals surface area (Å²) in [5.41, 5.74) is 0.135. The first kappa shape index (κ1) is 25.5. The van der Waals surface area contributed by atoms with Gasteiger partial charge in [-0.1, -0.05) is 6.07 Å². The second-order valence-electron chi connectivity index (χ2n) is 9.30. The summed E-state index contributed by atoms with van der Waals surface area (Å²) in [6, 6.07) is 6.21. The number of nitrogens with one attached hydrogen (secondary N) is 2. The van der Waals surface area contributed by atoms with Crippen molar-refractivity contribution in [2.45, 2.75) is 44.2 Å². The van der Waals surface area contributed by atoms with Gasteiger partial charge in [-0.25, -0.2) is 23.4 Å². The molecule has 8 nitrogen and oxygen atoms in total. The molecule has 0 spiro atoms. The molecular weight excluding hydrogens is 503 g/mol. The predicted molar refractivity (Wildman–Crippen MR) is 127 cm³/mol. The average molecular weight is 528 g/mol. The molecule has 0 saturated carbocycles. The Bertz CT molecular complexity index is 1350. The Balaban J connectivity index is 1.62. The highest BCUT2D eigenvalue weighted by atomic mass is 32.2. The maximum atomic E-state index is 13.0. The molecule has 0 aliphatic carbocycles. The number of thiazole rings is 1. The van der Waals surface area contributed by atoms with Crippen LogP contribution < -0.4 is 10.0 Å². The maximum Gasteiger partial charge on any atom is 0.433 e. The topological polar surface area (TPSA) is 106 Å². The number of hydrogen-bond donors (Lipinski definition) is 2. The van der Waals surface area contributed by atoms with Gasteiger partial charge in [0.05, 0.1) is 22.8 Å². The van der Waals surface area contributed by atoms with Gasteiger partial charge < -0.3 is 10.1 Å². The van der Waals surface area contributed by atoms with E-state index in [1.165, 1.54) is 11.3 Å². The molecule has 3 aromatic rings. The van der Waals surface area contributed by atoms with E-state index in [2.05, 4.69) is 25.0 Å². The SMILES string of the molecule is Cc1cc(Nc2nccc(C(F)(F)F)n2)cc(-c2cnc(C3(NS(=O)(=O)C(C)(C)C)COC3)s2)c1. The Morgan fingerprint density at radius 1 is 1.11 bits per heavy atom. The normalized spacial score (nSPS) is 16.1. The van der Waals surface area contributed by atoms with Crippen LogP contribution in [-0.4, -0.2) is 41.3 Å². The van der Waals surface area contributed by atoms with E-state index in [9.17, 15) is 21.6 Å². The van der Waals surface area contributed by atoms with Crippen molar-refractivity contribution < 1.29 is 26.3 Å². The van der Waals surface area contributed by atoms with Gasteiger partial charge in [-0.05, 0) is 57.0 Å². The lowest BCUT2D eigenvalue weighted by Crippen LogP contribution is -2.61. The molecule has 1 aromatic carbocycles. The van der Waals surface area contributed by atoms with Crippen molar-refractivity contribution in [3.8, 4) is 10.4 Å². The highest BCUT2D eigenvalue weighted by Crippen LogP contribution is 2.39. The number of sulfonamides is 1. The fourth-order valence-electron chi connectivity index (χ4n) is 3.27. The zero-order chi connectivity index (χ0) is 25.6. The van der Waals surface area contributed by atoms with Crippen molar-refractivity contribution in [1.82, 2.24) is 19.7 Å². The number of nitrogens with zero attached hydrogens (tertiary/aromatic N) is 3. The van der Waals surface area contributed by atoms with Gasteiger partial charge in [0.25, 0.3) is 0 Å². The van der Waals surface area contributed by atoms with E-state index in [1.54, 1.807) is 39.1 Å². The van der Waals surface area contributed by atoms with Gasteiger partial charge in [0.2, 0.25) is 16.0 Å². The average Bonchev–Trinajstić information content (AvgIpc) is 3.19. The molecule has 0 radical (unpaired) electrons. The van der Waals surface area contributed by atoms with Crippen LogP contribution in [0, 0.1) is 6.92 Å². The highest BCUT2D eigenvalue weighted by Gasteiger charge is 2.48. The number of aryl methyl sites for hydroxylation is 1. The number of ether oxygens (including phenoxy) is 1. The third kappa shape index (κ3) is 5.32. The summed E-state index contributed by atoms with van der Waals surface area (Å²) in [7, 11) is -3.65. The summed E-state index contributed by atoms with van der Waals surface area (Å²) in [6.45, 7) is 7.04. The molecule has 1 aliphatic rings. The fraction of sp³-hybridized carbons (Fsp3) is 0.409. The Labute approximate surface area is 205 Å². The van der Waals surface area contributed by atoms with Crippen LogP contribution in [0.3, 0.4) is 0 Å². The Kier molecular flexibility index (Phi) is 6.41. The molecule has 1 saturated heterocycles. The Morgan fingerprint density at radius 2 is 1.83 bits per heavy atom. The summed E-state index contributed by atoms with van der Waals surface area (Å²) in [5, 5.41) is 3.40. The minimum Gasteiger partial charge on any atom is -0.376 e. The smallest absolute Gasteiger partial charge is 0.376 e. The van der Waals surface area contributed by atoms with Crippen molar-refractivity contribution in [1.29, 1.82) is 0 Å². The predicted octanol–water partition coefficient (Wildman–Crippen LogP) is 4.61. The van der Waals surface area contributed by atoms with Crippen LogP contribution in [0.5, 0.6) is 0 Å². The molecule has 188 valence electrons. The maximum absolute atomic E-state index is 13.0. The lowest BCUT2D eigenvalue weighted by atomic mass is 10.0. The highest BCUT2D eigenvalue weighted by molar-refractivity contribution is 7.90. The van der Waals surface area contributed by atoms with Crippen molar-refractivity contribution in [3.05, 3.63) is 52.9 Å². The van der Waals surface area contributed by atoms with Gasteiger partial charge in [-0.2, -0.15) is 17.9 Å². The lowest BCUT2D eigenvalue weighted by molar-refractivity contribution is -0.141. The molecule has 1 fully saturated rings. The summed E-state index contributed by atoms with van der Waals surface area (Å²) in [5.74, 6) is -0.177. The van der Waals surface area contributed by atoms with Crippen molar-refractivity contribution in [2.24, 2.45) is 0 Å². The third-order valence-corrected chi connectivity index (χ3v) is 8.83. The van der Waals surface area contributed by atoms with Gasteiger partial charge in [0, 0.05) is 18.1 Å². The molecule has 2 N–H and O–H groups in total.